The molecule has 0 amide bonds. The van der Waals surface area contributed by atoms with E-state index in [9.17, 15) is 4.39 Å². The second-order valence-electron chi connectivity index (χ2n) is 3.03. The topological polar surface area (TPSA) is 63.8 Å². The maximum absolute atomic E-state index is 12.9. The number of aromatic nitrogens is 2. The molecule has 0 saturated carbocycles. The highest BCUT2D eigenvalue weighted by Gasteiger charge is 2.07. The van der Waals surface area contributed by atoms with Gasteiger partial charge in [0.05, 0.1) is 0 Å². The third-order valence-corrected chi connectivity index (χ3v) is 2.63. The van der Waals surface area contributed by atoms with Crippen molar-refractivity contribution in [3.63, 3.8) is 0 Å². The van der Waals surface area contributed by atoms with Crippen molar-refractivity contribution in [3.05, 3.63) is 40.8 Å². The summed E-state index contributed by atoms with van der Waals surface area (Å²) in [5.41, 5.74) is 3.13. The number of hydrogen-bond donors (Lipinski definition) is 2. The Hall–Kier alpha value is -1.53. The third-order valence-electron chi connectivity index (χ3n) is 1.98. The first kappa shape index (κ1) is 11.0. The second-order valence-corrected chi connectivity index (χ2v) is 3.89. The van der Waals surface area contributed by atoms with E-state index >= 15 is 0 Å². The Kier molecular flexibility index (Phi) is 3.12. The van der Waals surface area contributed by atoms with E-state index in [0.29, 0.717) is 21.7 Å². The molecule has 0 atom stereocenters. The number of hydrazine groups is 1. The van der Waals surface area contributed by atoms with E-state index in [4.69, 9.17) is 5.84 Å². The van der Waals surface area contributed by atoms with Crippen molar-refractivity contribution in [3.8, 4) is 11.4 Å². The van der Waals surface area contributed by atoms with E-state index in [1.165, 1.54) is 12.1 Å². The van der Waals surface area contributed by atoms with Gasteiger partial charge in [0, 0.05) is 22.3 Å². The van der Waals surface area contributed by atoms with Crippen molar-refractivity contribution in [2.75, 3.05) is 5.43 Å². The third kappa shape index (κ3) is 2.17. The zero-order valence-corrected chi connectivity index (χ0v) is 9.70. The number of nitrogen functional groups attached to an aromatic ring is 1. The van der Waals surface area contributed by atoms with Crippen LogP contribution in [0, 0.1) is 5.82 Å². The maximum atomic E-state index is 12.9. The SMILES string of the molecule is NNc1ccnc(-c2ccc(F)cc2Br)n1. The number of rotatable bonds is 2. The summed E-state index contributed by atoms with van der Waals surface area (Å²) in [5, 5.41) is 0. The van der Waals surface area contributed by atoms with Crippen molar-refractivity contribution < 1.29 is 4.39 Å². The van der Waals surface area contributed by atoms with Crippen molar-refractivity contribution in [1.82, 2.24) is 9.97 Å². The van der Waals surface area contributed by atoms with Gasteiger partial charge in [0.15, 0.2) is 5.82 Å². The van der Waals surface area contributed by atoms with Gasteiger partial charge in [-0.3, -0.25) is 0 Å². The molecule has 2 aromatic rings. The Morgan fingerprint density at radius 3 is 2.81 bits per heavy atom. The fourth-order valence-corrected chi connectivity index (χ4v) is 1.77. The van der Waals surface area contributed by atoms with Gasteiger partial charge in [-0.1, -0.05) is 0 Å². The van der Waals surface area contributed by atoms with Gasteiger partial charge in [0.1, 0.15) is 11.6 Å². The van der Waals surface area contributed by atoms with E-state index in [0.717, 1.165) is 0 Å². The standard InChI is InChI=1S/C10H8BrFN4/c11-8-5-6(12)1-2-7(8)10-14-4-3-9(15-10)16-13/h1-5H,13H2,(H,14,15,16). The summed E-state index contributed by atoms with van der Waals surface area (Å²) < 4.78 is 13.5. The highest BCUT2D eigenvalue weighted by Crippen LogP contribution is 2.26. The first-order valence-corrected chi connectivity index (χ1v) is 5.25. The lowest BCUT2D eigenvalue weighted by atomic mass is 10.2. The van der Waals surface area contributed by atoms with Crippen LogP contribution in [0.1, 0.15) is 0 Å². The first-order chi connectivity index (χ1) is 7.70. The van der Waals surface area contributed by atoms with E-state index in [1.807, 2.05) is 0 Å². The molecule has 4 nitrogen and oxygen atoms in total. The van der Waals surface area contributed by atoms with E-state index in [2.05, 4.69) is 31.3 Å². The molecule has 0 aliphatic heterocycles. The fourth-order valence-electron chi connectivity index (χ4n) is 1.24. The summed E-state index contributed by atoms with van der Waals surface area (Å²) in [6, 6.07) is 5.96. The molecule has 0 aliphatic carbocycles. The molecule has 1 heterocycles. The van der Waals surface area contributed by atoms with Gasteiger partial charge in [-0.15, -0.1) is 0 Å². The molecule has 82 valence electrons. The van der Waals surface area contributed by atoms with Crippen molar-refractivity contribution in [1.29, 1.82) is 0 Å². The summed E-state index contributed by atoms with van der Waals surface area (Å²) >= 11 is 3.26. The normalized spacial score (nSPS) is 10.2. The Labute approximate surface area is 99.8 Å². The van der Waals surface area contributed by atoms with Crippen LogP contribution in [0.25, 0.3) is 11.4 Å². The molecule has 6 heteroatoms. The Bertz CT molecular complexity index is 518. The molecule has 1 aromatic heterocycles. The van der Waals surface area contributed by atoms with Crippen molar-refractivity contribution in [2.45, 2.75) is 0 Å². The molecule has 0 radical (unpaired) electrons. The van der Waals surface area contributed by atoms with Gasteiger partial charge in [-0.2, -0.15) is 0 Å². The molecule has 0 saturated heterocycles. The molecule has 0 unspecified atom stereocenters. The molecule has 0 bridgehead atoms. The average Bonchev–Trinajstić information content (AvgIpc) is 2.29. The quantitative estimate of drug-likeness (QED) is 0.656. The van der Waals surface area contributed by atoms with Gasteiger partial charge < -0.3 is 5.43 Å². The molecule has 0 spiro atoms. The number of nitrogens with two attached hydrogens (primary N) is 1. The van der Waals surface area contributed by atoms with E-state index in [1.54, 1.807) is 18.3 Å². The minimum atomic E-state index is -0.316. The first-order valence-electron chi connectivity index (χ1n) is 4.46. The minimum absolute atomic E-state index is 0.316. The van der Waals surface area contributed by atoms with E-state index < -0.39 is 0 Å². The van der Waals surface area contributed by atoms with Crippen LogP contribution in [0.3, 0.4) is 0 Å². The molecular formula is C10H8BrFN4. The average molecular weight is 283 g/mol. The lowest BCUT2D eigenvalue weighted by Gasteiger charge is -2.04. The highest BCUT2D eigenvalue weighted by molar-refractivity contribution is 9.10. The van der Waals surface area contributed by atoms with Crippen LogP contribution in [0.15, 0.2) is 34.9 Å². The number of anilines is 1. The fraction of sp³-hybridized carbons (Fsp3) is 0. The van der Waals surface area contributed by atoms with Gasteiger partial charge in [-0.05, 0) is 34.1 Å². The summed E-state index contributed by atoms with van der Waals surface area (Å²) in [7, 11) is 0. The van der Waals surface area contributed by atoms with Crippen LogP contribution >= 0.6 is 15.9 Å². The number of nitrogens with zero attached hydrogens (tertiary/aromatic N) is 2. The zero-order valence-electron chi connectivity index (χ0n) is 8.11. The number of hydrogen-bond acceptors (Lipinski definition) is 4. The predicted octanol–water partition coefficient (Wildman–Crippen LogP) is 2.33. The summed E-state index contributed by atoms with van der Waals surface area (Å²) in [6.45, 7) is 0. The minimum Gasteiger partial charge on any atom is -0.308 e. The molecule has 16 heavy (non-hydrogen) atoms. The smallest absolute Gasteiger partial charge is 0.162 e. The van der Waals surface area contributed by atoms with Gasteiger partial charge in [0.25, 0.3) is 0 Å². The van der Waals surface area contributed by atoms with Crippen LogP contribution in [-0.2, 0) is 0 Å². The van der Waals surface area contributed by atoms with Crippen LogP contribution in [0.2, 0.25) is 0 Å². The second kappa shape index (κ2) is 4.54. The van der Waals surface area contributed by atoms with Crippen LogP contribution in [-0.4, -0.2) is 9.97 Å². The summed E-state index contributed by atoms with van der Waals surface area (Å²) in [5.74, 6) is 5.91. The lowest BCUT2D eigenvalue weighted by molar-refractivity contribution is 0.627. The molecule has 1 aromatic carbocycles. The van der Waals surface area contributed by atoms with Crippen molar-refractivity contribution in [2.24, 2.45) is 5.84 Å². The summed E-state index contributed by atoms with van der Waals surface area (Å²) in [6.07, 6.45) is 1.58. The zero-order chi connectivity index (χ0) is 11.5. The number of benzene rings is 1. The molecule has 0 aliphatic rings. The van der Waals surface area contributed by atoms with Crippen molar-refractivity contribution >= 4 is 21.7 Å². The predicted molar refractivity (Wildman–Crippen MR) is 62.9 cm³/mol. The monoisotopic (exact) mass is 282 g/mol. The summed E-state index contributed by atoms with van der Waals surface area (Å²) in [4.78, 5) is 8.24. The van der Waals surface area contributed by atoms with Crippen LogP contribution in [0.5, 0.6) is 0 Å². The Morgan fingerprint density at radius 2 is 2.12 bits per heavy atom. The number of nitrogens with one attached hydrogen (secondary N) is 1. The van der Waals surface area contributed by atoms with Crippen LogP contribution in [0.4, 0.5) is 10.2 Å². The molecule has 2 rings (SSSR count). The van der Waals surface area contributed by atoms with Gasteiger partial charge in [-0.25, -0.2) is 20.2 Å². The van der Waals surface area contributed by atoms with Gasteiger partial charge >= 0.3 is 0 Å². The highest BCUT2D eigenvalue weighted by atomic mass is 79.9. The van der Waals surface area contributed by atoms with Gasteiger partial charge in [0.2, 0.25) is 0 Å². The largest absolute Gasteiger partial charge is 0.308 e. The number of halogens is 2. The van der Waals surface area contributed by atoms with E-state index in [-0.39, 0.29) is 5.82 Å². The Morgan fingerprint density at radius 1 is 1.31 bits per heavy atom. The molecular weight excluding hydrogens is 275 g/mol. The Balaban J connectivity index is 2.49. The lowest BCUT2D eigenvalue weighted by Crippen LogP contribution is -2.09. The molecule has 0 fully saturated rings. The maximum Gasteiger partial charge on any atom is 0.162 e. The van der Waals surface area contributed by atoms with Crippen LogP contribution < -0.4 is 11.3 Å². The molecule has 3 N–H and O–H groups in total.